The Hall–Kier alpha value is -1.55. The molecule has 4 heteroatoms. The van der Waals surface area contributed by atoms with E-state index in [0.29, 0.717) is 18.9 Å². The highest BCUT2D eigenvalue weighted by molar-refractivity contribution is 5.75. The van der Waals surface area contributed by atoms with E-state index in [9.17, 15) is 9.90 Å². The summed E-state index contributed by atoms with van der Waals surface area (Å²) in [5, 5.41) is 12.5. The molecule has 1 saturated heterocycles. The van der Waals surface area contributed by atoms with Gasteiger partial charge < -0.3 is 15.3 Å². The molecule has 0 aromatic heterocycles. The van der Waals surface area contributed by atoms with Gasteiger partial charge in [-0.3, -0.25) is 4.79 Å². The highest BCUT2D eigenvalue weighted by atomic mass is 16.3. The van der Waals surface area contributed by atoms with Crippen molar-refractivity contribution < 1.29 is 9.90 Å². The van der Waals surface area contributed by atoms with Gasteiger partial charge in [-0.25, -0.2) is 0 Å². The Bertz CT molecular complexity index is 411. The molecule has 0 saturated carbocycles. The van der Waals surface area contributed by atoms with Crippen LogP contribution in [0.1, 0.15) is 24.8 Å². The Kier molecular flexibility index (Phi) is 4.80. The number of phenolic OH excluding ortho intramolecular Hbond substituents is 1. The summed E-state index contributed by atoms with van der Waals surface area (Å²) in [4.78, 5) is 13.8. The van der Waals surface area contributed by atoms with Crippen molar-refractivity contribution in [2.45, 2.75) is 25.8 Å². The lowest BCUT2D eigenvalue weighted by atomic mass is 10.0. The standard InChI is InChI=1S/C15H22N2O2/c1-17(11-13-2-5-14(18)6-3-13)15(19)7-4-12-8-9-16-10-12/h2-3,5-6,12,16,18H,4,7-11H2,1H3. The molecule has 1 aliphatic rings. The van der Waals surface area contributed by atoms with Gasteiger partial charge in [0, 0.05) is 20.0 Å². The maximum atomic E-state index is 12.0. The van der Waals surface area contributed by atoms with Crippen LogP contribution in [0.5, 0.6) is 5.75 Å². The summed E-state index contributed by atoms with van der Waals surface area (Å²) in [6.45, 7) is 2.74. The van der Waals surface area contributed by atoms with Crippen LogP contribution in [0.15, 0.2) is 24.3 Å². The van der Waals surface area contributed by atoms with Crippen molar-refractivity contribution >= 4 is 5.91 Å². The lowest BCUT2D eigenvalue weighted by Gasteiger charge is -2.18. The zero-order valence-electron chi connectivity index (χ0n) is 11.4. The first kappa shape index (κ1) is 13.9. The Labute approximate surface area is 114 Å². The number of aromatic hydroxyl groups is 1. The fourth-order valence-corrected chi connectivity index (χ4v) is 2.44. The Morgan fingerprint density at radius 1 is 1.42 bits per heavy atom. The first-order valence-electron chi connectivity index (χ1n) is 6.88. The molecule has 2 N–H and O–H groups in total. The van der Waals surface area contributed by atoms with Gasteiger partial charge >= 0.3 is 0 Å². The van der Waals surface area contributed by atoms with Gasteiger partial charge in [-0.05, 0) is 49.5 Å². The fourth-order valence-electron chi connectivity index (χ4n) is 2.44. The van der Waals surface area contributed by atoms with Crippen LogP contribution in [0, 0.1) is 5.92 Å². The van der Waals surface area contributed by atoms with Crippen molar-refractivity contribution in [2.24, 2.45) is 5.92 Å². The number of hydrogen-bond donors (Lipinski definition) is 2. The van der Waals surface area contributed by atoms with Crippen molar-refractivity contribution in [1.82, 2.24) is 10.2 Å². The number of nitrogens with zero attached hydrogens (tertiary/aromatic N) is 1. The summed E-state index contributed by atoms with van der Waals surface area (Å²) < 4.78 is 0. The third-order valence-electron chi connectivity index (χ3n) is 3.71. The molecule has 1 atom stereocenters. The number of nitrogens with one attached hydrogen (secondary N) is 1. The minimum atomic E-state index is 0.194. The van der Waals surface area contributed by atoms with Crippen LogP contribution in [-0.2, 0) is 11.3 Å². The summed E-state index contributed by atoms with van der Waals surface area (Å²) in [5.74, 6) is 1.11. The van der Waals surface area contributed by atoms with Gasteiger partial charge in [0.1, 0.15) is 5.75 Å². The van der Waals surface area contributed by atoms with Crippen LogP contribution in [0.2, 0.25) is 0 Å². The van der Waals surface area contributed by atoms with E-state index >= 15 is 0 Å². The van der Waals surface area contributed by atoms with Crippen LogP contribution in [0.25, 0.3) is 0 Å². The lowest BCUT2D eigenvalue weighted by molar-refractivity contribution is -0.130. The van der Waals surface area contributed by atoms with Gasteiger partial charge in [-0.2, -0.15) is 0 Å². The Morgan fingerprint density at radius 2 is 2.16 bits per heavy atom. The molecule has 4 nitrogen and oxygen atoms in total. The molecule has 0 spiro atoms. The fraction of sp³-hybridized carbons (Fsp3) is 0.533. The summed E-state index contributed by atoms with van der Waals surface area (Å²) >= 11 is 0. The maximum Gasteiger partial charge on any atom is 0.222 e. The topological polar surface area (TPSA) is 52.6 Å². The molecule has 1 unspecified atom stereocenters. The van der Waals surface area contributed by atoms with E-state index in [4.69, 9.17) is 0 Å². The molecule has 0 aliphatic carbocycles. The van der Waals surface area contributed by atoms with Gasteiger partial charge in [0.15, 0.2) is 0 Å². The number of phenols is 1. The second-order valence-electron chi connectivity index (χ2n) is 5.31. The van der Waals surface area contributed by atoms with Crippen LogP contribution < -0.4 is 5.32 Å². The van der Waals surface area contributed by atoms with Gasteiger partial charge in [-0.15, -0.1) is 0 Å². The maximum absolute atomic E-state index is 12.0. The van der Waals surface area contributed by atoms with Crippen molar-refractivity contribution in [3.05, 3.63) is 29.8 Å². The minimum absolute atomic E-state index is 0.194. The van der Waals surface area contributed by atoms with E-state index in [1.807, 2.05) is 19.2 Å². The second-order valence-corrected chi connectivity index (χ2v) is 5.31. The molecule has 19 heavy (non-hydrogen) atoms. The summed E-state index contributed by atoms with van der Waals surface area (Å²) in [5.41, 5.74) is 1.04. The molecule has 1 fully saturated rings. The smallest absolute Gasteiger partial charge is 0.222 e. The molecule has 1 aromatic carbocycles. The Balaban J connectivity index is 1.76. The number of carbonyl (C=O) groups is 1. The number of carbonyl (C=O) groups excluding carboxylic acids is 1. The summed E-state index contributed by atoms with van der Waals surface area (Å²) in [6.07, 6.45) is 2.79. The average Bonchev–Trinajstić information content (AvgIpc) is 2.91. The summed E-state index contributed by atoms with van der Waals surface area (Å²) in [7, 11) is 1.84. The van der Waals surface area contributed by atoms with Crippen molar-refractivity contribution in [1.29, 1.82) is 0 Å². The van der Waals surface area contributed by atoms with Crippen LogP contribution in [0.3, 0.4) is 0 Å². The molecule has 2 rings (SSSR count). The molecule has 1 amide bonds. The molecule has 0 bridgehead atoms. The zero-order chi connectivity index (χ0) is 13.7. The molecule has 104 valence electrons. The number of rotatable bonds is 5. The molecule has 1 aromatic rings. The molecular formula is C15H22N2O2. The van der Waals surface area contributed by atoms with Gasteiger partial charge in [0.05, 0.1) is 0 Å². The van der Waals surface area contributed by atoms with E-state index < -0.39 is 0 Å². The minimum Gasteiger partial charge on any atom is -0.508 e. The van der Waals surface area contributed by atoms with Crippen molar-refractivity contribution in [3.8, 4) is 5.75 Å². The second kappa shape index (κ2) is 6.57. The zero-order valence-corrected chi connectivity index (χ0v) is 11.4. The molecule has 1 heterocycles. The number of hydrogen-bond acceptors (Lipinski definition) is 3. The van der Waals surface area contributed by atoms with Gasteiger partial charge in [-0.1, -0.05) is 12.1 Å². The average molecular weight is 262 g/mol. The van der Waals surface area contributed by atoms with E-state index in [0.717, 1.165) is 25.1 Å². The quantitative estimate of drug-likeness (QED) is 0.850. The first-order valence-corrected chi connectivity index (χ1v) is 6.88. The third kappa shape index (κ3) is 4.24. The molecule has 1 aliphatic heterocycles. The number of amides is 1. The first-order chi connectivity index (χ1) is 9.15. The van der Waals surface area contributed by atoms with Gasteiger partial charge in [0.2, 0.25) is 5.91 Å². The number of benzene rings is 1. The van der Waals surface area contributed by atoms with E-state index in [-0.39, 0.29) is 11.7 Å². The largest absolute Gasteiger partial charge is 0.508 e. The monoisotopic (exact) mass is 262 g/mol. The SMILES string of the molecule is CN(Cc1ccc(O)cc1)C(=O)CCC1CCNC1. The van der Waals surface area contributed by atoms with Crippen LogP contribution in [0.4, 0.5) is 0 Å². The van der Waals surface area contributed by atoms with Gasteiger partial charge in [0.25, 0.3) is 0 Å². The highest BCUT2D eigenvalue weighted by Crippen LogP contribution is 2.16. The predicted octanol–water partition coefficient (Wildman–Crippen LogP) is 1.74. The van der Waals surface area contributed by atoms with E-state index in [1.165, 1.54) is 6.42 Å². The van der Waals surface area contributed by atoms with Crippen LogP contribution in [-0.4, -0.2) is 36.1 Å². The predicted molar refractivity (Wildman–Crippen MR) is 74.8 cm³/mol. The third-order valence-corrected chi connectivity index (χ3v) is 3.71. The lowest BCUT2D eigenvalue weighted by Crippen LogP contribution is -2.26. The molecule has 0 radical (unpaired) electrons. The molecular weight excluding hydrogens is 240 g/mol. The van der Waals surface area contributed by atoms with E-state index in [2.05, 4.69) is 5.32 Å². The van der Waals surface area contributed by atoms with E-state index in [1.54, 1.807) is 17.0 Å². The normalized spacial score (nSPS) is 18.5. The van der Waals surface area contributed by atoms with Crippen molar-refractivity contribution in [2.75, 3.05) is 20.1 Å². The highest BCUT2D eigenvalue weighted by Gasteiger charge is 2.17. The Morgan fingerprint density at radius 3 is 2.79 bits per heavy atom. The van der Waals surface area contributed by atoms with Crippen molar-refractivity contribution in [3.63, 3.8) is 0 Å². The summed E-state index contributed by atoms with van der Waals surface area (Å²) in [6, 6.07) is 7.00. The van der Waals surface area contributed by atoms with Crippen LogP contribution >= 0.6 is 0 Å².